The number of hydrogen-bond donors (Lipinski definition) is 3. The summed E-state index contributed by atoms with van der Waals surface area (Å²) in [6, 6.07) is 12.9. The van der Waals surface area contributed by atoms with Crippen LogP contribution in [0.3, 0.4) is 0 Å². The smallest absolute Gasteiger partial charge is 0.290 e. The molecular weight excluding hydrogens is 478 g/mol. The Hall–Kier alpha value is -3.01. The van der Waals surface area contributed by atoms with Gasteiger partial charge in [0.1, 0.15) is 0 Å². The van der Waals surface area contributed by atoms with Gasteiger partial charge in [-0.2, -0.15) is 11.3 Å². The molecular formula is C26H27N5O2S2. The van der Waals surface area contributed by atoms with Crippen molar-refractivity contribution < 1.29 is 9.59 Å². The molecule has 0 bridgehead atoms. The molecule has 1 aromatic carbocycles. The summed E-state index contributed by atoms with van der Waals surface area (Å²) in [6.07, 6.45) is 7.74. The van der Waals surface area contributed by atoms with Gasteiger partial charge in [0, 0.05) is 18.8 Å². The van der Waals surface area contributed by atoms with Crippen molar-refractivity contribution in [3.05, 3.63) is 69.5 Å². The van der Waals surface area contributed by atoms with Gasteiger partial charge in [0.2, 0.25) is 5.95 Å². The molecule has 2 aliphatic rings. The minimum absolute atomic E-state index is 0.333. The normalized spacial score (nSPS) is 21.3. The van der Waals surface area contributed by atoms with Crippen molar-refractivity contribution >= 4 is 46.3 Å². The predicted molar refractivity (Wildman–Crippen MR) is 142 cm³/mol. The molecule has 0 radical (unpaired) electrons. The van der Waals surface area contributed by atoms with E-state index in [0.717, 1.165) is 50.5 Å². The molecule has 1 saturated carbocycles. The van der Waals surface area contributed by atoms with Crippen molar-refractivity contribution in [2.24, 2.45) is 5.92 Å². The Morgan fingerprint density at radius 1 is 1.09 bits per heavy atom. The molecule has 3 aromatic rings. The quantitative estimate of drug-likeness (QED) is 0.358. The van der Waals surface area contributed by atoms with Crippen LogP contribution in [0.5, 0.6) is 0 Å². The zero-order valence-electron chi connectivity index (χ0n) is 19.2. The first-order valence-corrected chi connectivity index (χ1v) is 13.6. The number of hydrogen-bond acceptors (Lipinski definition) is 8. The van der Waals surface area contributed by atoms with Crippen LogP contribution < -0.4 is 16.0 Å². The van der Waals surface area contributed by atoms with Crippen LogP contribution in [0.25, 0.3) is 17.2 Å². The maximum Gasteiger partial charge on any atom is 0.290 e. The van der Waals surface area contributed by atoms with E-state index in [1.807, 2.05) is 0 Å². The van der Waals surface area contributed by atoms with E-state index in [4.69, 9.17) is 0 Å². The largest absolute Gasteiger partial charge is 0.351 e. The van der Waals surface area contributed by atoms with Gasteiger partial charge in [0.25, 0.3) is 11.1 Å². The van der Waals surface area contributed by atoms with Crippen LogP contribution >= 0.6 is 23.1 Å². The molecule has 180 valence electrons. The maximum absolute atomic E-state index is 11.8. The lowest BCUT2D eigenvalue weighted by Crippen LogP contribution is -2.31. The van der Waals surface area contributed by atoms with E-state index in [2.05, 4.69) is 67.0 Å². The average molecular weight is 506 g/mol. The molecule has 2 amide bonds. The van der Waals surface area contributed by atoms with Gasteiger partial charge in [0.15, 0.2) is 0 Å². The van der Waals surface area contributed by atoms with Crippen molar-refractivity contribution in [1.29, 1.82) is 0 Å². The Bertz CT molecular complexity index is 1220. The van der Waals surface area contributed by atoms with Crippen molar-refractivity contribution in [2.45, 2.75) is 38.3 Å². The number of carbonyl (C=O) groups is 2. The Labute approximate surface area is 212 Å². The van der Waals surface area contributed by atoms with Gasteiger partial charge in [-0.25, -0.2) is 9.97 Å². The highest BCUT2D eigenvalue weighted by molar-refractivity contribution is 8.18. The standard InChI is InChI=1S/C26H27N5O2S2/c32-24-23(35-26(33)31-24)13-21-9-11-28-25(30-21)29-20-7-5-17(6-8-20)14-27-15-18-3-1-2-4-22(18)19-10-12-34-16-19/h1-4,9-13,16-17,20,27H,5-8,14-15H2,(H,28,29,30)(H,31,32,33)/b23-13-/t17-,20-. The highest BCUT2D eigenvalue weighted by Gasteiger charge is 2.25. The number of nitrogens with zero attached hydrogens (tertiary/aromatic N) is 2. The highest BCUT2D eigenvalue weighted by atomic mass is 32.2. The molecule has 1 aliphatic carbocycles. The van der Waals surface area contributed by atoms with Crippen molar-refractivity contribution in [1.82, 2.24) is 20.6 Å². The molecule has 0 spiro atoms. The van der Waals surface area contributed by atoms with Crippen LogP contribution in [0.1, 0.15) is 36.9 Å². The van der Waals surface area contributed by atoms with E-state index in [-0.39, 0.29) is 11.1 Å². The Balaban J connectivity index is 1.09. The zero-order valence-corrected chi connectivity index (χ0v) is 20.8. The van der Waals surface area contributed by atoms with Crippen LogP contribution in [0.4, 0.5) is 10.7 Å². The van der Waals surface area contributed by atoms with Gasteiger partial charge in [0.05, 0.1) is 10.6 Å². The molecule has 3 heterocycles. The van der Waals surface area contributed by atoms with Gasteiger partial charge >= 0.3 is 0 Å². The molecule has 1 aliphatic heterocycles. The van der Waals surface area contributed by atoms with Crippen molar-refractivity contribution in [2.75, 3.05) is 11.9 Å². The topological polar surface area (TPSA) is 96.0 Å². The van der Waals surface area contributed by atoms with Gasteiger partial charge in [-0.3, -0.25) is 14.9 Å². The number of benzene rings is 1. The summed E-state index contributed by atoms with van der Waals surface area (Å²) in [5.41, 5.74) is 4.55. The molecule has 2 aromatic heterocycles. The van der Waals surface area contributed by atoms with E-state index in [1.165, 1.54) is 16.7 Å². The molecule has 0 unspecified atom stereocenters. The summed E-state index contributed by atoms with van der Waals surface area (Å²) in [4.78, 5) is 32.3. The number of thioether (sulfide) groups is 1. The fraction of sp³-hybridized carbons (Fsp3) is 0.308. The summed E-state index contributed by atoms with van der Waals surface area (Å²) in [7, 11) is 0. The van der Waals surface area contributed by atoms with Crippen molar-refractivity contribution in [3.8, 4) is 11.1 Å². The van der Waals surface area contributed by atoms with Crippen LogP contribution in [-0.4, -0.2) is 33.7 Å². The lowest BCUT2D eigenvalue weighted by atomic mass is 9.86. The highest BCUT2D eigenvalue weighted by Crippen LogP contribution is 2.28. The van der Waals surface area contributed by atoms with Crippen LogP contribution in [0.15, 0.2) is 58.3 Å². The Kier molecular flexibility index (Phi) is 7.56. The van der Waals surface area contributed by atoms with Crippen LogP contribution in [0.2, 0.25) is 0 Å². The Morgan fingerprint density at radius 3 is 2.71 bits per heavy atom. The number of anilines is 1. The van der Waals surface area contributed by atoms with Gasteiger partial charge < -0.3 is 10.6 Å². The molecule has 35 heavy (non-hydrogen) atoms. The second-order valence-corrected chi connectivity index (χ2v) is 10.6. The minimum Gasteiger partial charge on any atom is -0.351 e. The van der Waals surface area contributed by atoms with E-state index in [9.17, 15) is 9.59 Å². The first kappa shape index (κ1) is 23.7. The number of aromatic nitrogens is 2. The van der Waals surface area contributed by atoms with E-state index < -0.39 is 0 Å². The summed E-state index contributed by atoms with van der Waals surface area (Å²) in [5, 5.41) is 13.4. The molecule has 9 heteroatoms. The number of thiophene rings is 1. The van der Waals surface area contributed by atoms with Crippen LogP contribution in [-0.2, 0) is 11.3 Å². The molecule has 0 atom stereocenters. The number of imide groups is 1. The molecule has 7 nitrogen and oxygen atoms in total. The third kappa shape index (κ3) is 6.17. The second kappa shape index (κ2) is 11.2. The SMILES string of the molecule is O=C1NC(=O)/C(=C/c2ccnc(N[C@H]3CC[C@H](CNCc4ccccc4-c4ccsc4)CC3)n2)S1. The first-order chi connectivity index (χ1) is 17.1. The van der Waals surface area contributed by atoms with E-state index >= 15 is 0 Å². The lowest BCUT2D eigenvalue weighted by Gasteiger charge is -2.29. The summed E-state index contributed by atoms with van der Waals surface area (Å²) < 4.78 is 0. The summed E-state index contributed by atoms with van der Waals surface area (Å²) >= 11 is 2.62. The second-order valence-electron chi connectivity index (χ2n) is 8.82. The number of nitrogens with one attached hydrogen (secondary N) is 3. The summed E-state index contributed by atoms with van der Waals surface area (Å²) in [6.45, 7) is 1.89. The van der Waals surface area contributed by atoms with Gasteiger partial charge in [-0.05, 0) is 95.6 Å². The van der Waals surface area contributed by atoms with Crippen molar-refractivity contribution in [3.63, 3.8) is 0 Å². The lowest BCUT2D eigenvalue weighted by molar-refractivity contribution is -0.115. The minimum atomic E-state index is -0.380. The third-order valence-corrected chi connectivity index (χ3v) is 7.87. The van der Waals surface area contributed by atoms with E-state index in [1.54, 1.807) is 29.7 Å². The number of rotatable bonds is 8. The maximum atomic E-state index is 11.8. The van der Waals surface area contributed by atoms with E-state index in [0.29, 0.717) is 28.5 Å². The monoisotopic (exact) mass is 505 g/mol. The fourth-order valence-electron chi connectivity index (χ4n) is 4.56. The number of carbonyl (C=O) groups excluding carboxylic acids is 2. The Morgan fingerprint density at radius 2 is 1.94 bits per heavy atom. The third-order valence-electron chi connectivity index (χ3n) is 6.38. The van der Waals surface area contributed by atoms with Gasteiger partial charge in [-0.1, -0.05) is 24.3 Å². The van der Waals surface area contributed by atoms with Gasteiger partial charge in [-0.15, -0.1) is 0 Å². The molecule has 2 fully saturated rings. The number of amides is 2. The summed E-state index contributed by atoms with van der Waals surface area (Å²) in [5.74, 6) is 0.837. The fourth-order valence-corrected chi connectivity index (χ4v) is 5.88. The zero-order chi connectivity index (χ0) is 24.0. The average Bonchev–Trinajstić information content (AvgIpc) is 3.50. The molecule has 1 saturated heterocycles. The molecule has 3 N–H and O–H groups in total. The van der Waals surface area contributed by atoms with Crippen LogP contribution in [0, 0.1) is 5.92 Å². The molecule has 5 rings (SSSR count). The first-order valence-electron chi connectivity index (χ1n) is 11.8. The predicted octanol–water partition coefficient (Wildman–Crippen LogP) is 5.29.